The SMILES string of the molecule is CCC(CC)(CC)NCC(O)COc1ccccc1C#N. The predicted octanol–water partition coefficient (Wildman–Crippen LogP) is 2.86. The number of nitrogens with one attached hydrogen (secondary N) is 1. The topological polar surface area (TPSA) is 65.3 Å². The zero-order valence-electron chi connectivity index (χ0n) is 13.2. The maximum atomic E-state index is 10.1. The summed E-state index contributed by atoms with van der Waals surface area (Å²) in [6, 6.07) is 9.14. The van der Waals surface area contributed by atoms with E-state index in [1.54, 1.807) is 18.2 Å². The van der Waals surface area contributed by atoms with Crippen molar-refractivity contribution in [3.05, 3.63) is 29.8 Å². The van der Waals surface area contributed by atoms with Crippen LogP contribution in [-0.2, 0) is 0 Å². The van der Waals surface area contributed by atoms with E-state index in [2.05, 4.69) is 32.2 Å². The van der Waals surface area contributed by atoms with Gasteiger partial charge in [-0.15, -0.1) is 0 Å². The minimum absolute atomic E-state index is 0.0888. The highest BCUT2D eigenvalue weighted by Crippen LogP contribution is 2.19. The van der Waals surface area contributed by atoms with Gasteiger partial charge in [0.15, 0.2) is 0 Å². The van der Waals surface area contributed by atoms with Gasteiger partial charge in [0, 0.05) is 12.1 Å². The highest BCUT2D eigenvalue weighted by Gasteiger charge is 2.23. The Kier molecular flexibility index (Phi) is 7.21. The molecule has 0 aliphatic carbocycles. The van der Waals surface area contributed by atoms with E-state index in [1.807, 2.05) is 6.07 Å². The van der Waals surface area contributed by atoms with Gasteiger partial charge in [0.05, 0.1) is 5.56 Å². The van der Waals surface area contributed by atoms with Crippen LogP contribution in [0, 0.1) is 11.3 Å². The van der Waals surface area contributed by atoms with Crippen molar-refractivity contribution in [2.24, 2.45) is 0 Å². The van der Waals surface area contributed by atoms with Crippen molar-refractivity contribution in [3.63, 3.8) is 0 Å². The van der Waals surface area contributed by atoms with E-state index in [9.17, 15) is 5.11 Å². The van der Waals surface area contributed by atoms with E-state index >= 15 is 0 Å². The number of benzene rings is 1. The number of para-hydroxylation sites is 1. The first kappa shape index (κ1) is 17.5. The highest BCUT2D eigenvalue weighted by molar-refractivity contribution is 5.42. The number of nitrogens with zero attached hydrogens (tertiary/aromatic N) is 1. The standard InChI is InChI=1S/C17H26N2O2/c1-4-17(5-2,6-3)19-12-15(20)13-21-16-10-8-7-9-14(16)11-18/h7-10,15,19-20H,4-6,12-13H2,1-3H3. The number of aliphatic hydroxyl groups is 1. The molecule has 2 N–H and O–H groups in total. The number of rotatable bonds is 9. The molecule has 0 amide bonds. The summed E-state index contributed by atoms with van der Waals surface area (Å²) in [6.07, 6.45) is 2.50. The second kappa shape index (κ2) is 8.66. The predicted molar refractivity (Wildman–Crippen MR) is 84.3 cm³/mol. The van der Waals surface area contributed by atoms with E-state index in [1.165, 1.54) is 0 Å². The Hall–Kier alpha value is -1.57. The largest absolute Gasteiger partial charge is 0.489 e. The van der Waals surface area contributed by atoms with Gasteiger partial charge in [-0.25, -0.2) is 0 Å². The quantitative estimate of drug-likeness (QED) is 0.734. The summed E-state index contributed by atoms with van der Waals surface area (Å²) in [5.74, 6) is 0.520. The zero-order valence-corrected chi connectivity index (χ0v) is 13.2. The maximum Gasteiger partial charge on any atom is 0.137 e. The molecule has 0 aliphatic heterocycles. The van der Waals surface area contributed by atoms with Gasteiger partial charge in [0.25, 0.3) is 0 Å². The summed E-state index contributed by atoms with van der Waals surface area (Å²) >= 11 is 0. The van der Waals surface area contributed by atoms with Crippen molar-refractivity contribution in [3.8, 4) is 11.8 Å². The van der Waals surface area contributed by atoms with Gasteiger partial charge in [-0.2, -0.15) is 5.26 Å². The van der Waals surface area contributed by atoms with Crippen LogP contribution in [0.5, 0.6) is 5.75 Å². The third-order valence-electron chi connectivity index (χ3n) is 4.18. The van der Waals surface area contributed by atoms with Gasteiger partial charge in [0.1, 0.15) is 24.5 Å². The van der Waals surface area contributed by atoms with Crippen molar-refractivity contribution in [1.29, 1.82) is 5.26 Å². The summed E-state index contributed by atoms with van der Waals surface area (Å²) < 4.78 is 5.54. The van der Waals surface area contributed by atoms with Gasteiger partial charge in [-0.1, -0.05) is 32.9 Å². The monoisotopic (exact) mass is 290 g/mol. The molecule has 0 bridgehead atoms. The van der Waals surface area contributed by atoms with Crippen LogP contribution in [0.2, 0.25) is 0 Å². The van der Waals surface area contributed by atoms with Crippen LogP contribution in [0.15, 0.2) is 24.3 Å². The number of nitriles is 1. The van der Waals surface area contributed by atoms with Crippen LogP contribution in [0.25, 0.3) is 0 Å². The molecule has 0 saturated carbocycles. The summed E-state index contributed by atoms with van der Waals surface area (Å²) in [6.45, 7) is 7.15. The van der Waals surface area contributed by atoms with E-state index < -0.39 is 6.10 Å². The summed E-state index contributed by atoms with van der Waals surface area (Å²) in [5.41, 5.74) is 0.577. The molecule has 1 rings (SSSR count). The lowest BCUT2D eigenvalue weighted by Crippen LogP contribution is -2.47. The molecule has 0 aliphatic rings. The molecular weight excluding hydrogens is 264 g/mol. The van der Waals surface area contributed by atoms with Crippen LogP contribution in [0.3, 0.4) is 0 Å². The second-order valence-electron chi connectivity index (χ2n) is 5.29. The van der Waals surface area contributed by atoms with Gasteiger partial charge in [-0.3, -0.25) is 0 Å². The Morgan fingerprint density at radius 3 is 2.43 bits per heavy atom. The lowest BCUT2D eigenvalue weighted by molar-refractivity contribution is 0.0941. The molecule has 0 spiro atoms. The number of β-amino-alcohol motifs (C(OH)–C–C–N with tert-alkyl or cyclic N) is 1. The Balaban J connectivity index is 2.48. The van der Waals surface area contributed by atoms with Crippen molar-refractivity contribution in [1.82, 2.24) is 5.32 Å². The molecule has 0 aromatic heterocycles. The van der Waals surface area contributed by atoms with E-state index in [-0.39, 0.29) is 12.1 Å². The molecule has 0 fully saturated rings. The molecular formula is C17H26N2O2. The third-order valence-corrected chi connectivity index (χ3v) is 4.18. The number of aliphatic hydroxyl groups excluding tert-OH is 1. The fraction of sp³-hybridized carbons (Fsp3) is 0.588. The Labute approximate surface area is 127 Å². The fourth-order valence-electron chi connectivity index (χ4n) is 2.39. The van der Waals surface area contributed by atoms with Crippen LogP contribution in [0.1, 0.15) is 45.6 Å². The molecule has 4 nitrogen and oxygen atoms in total. The van der Waals surface area contributed by atoms with Crippen LogP contribution >= 0.6 is 0 Å². The van der Waals surface area contributed by atoms with Gasteiger partial charge < -0.3 is 15.2 Å². The molecule has 0 heterocycles. The Bertz CT molecular complexity index is 456. The first-order valence-corrected chi connectivity index (χ1v) is 7.65. The minimum Gasteiger partial charge on any atom is -0.489 e. The molecule has 1 aromatic carbocycles. The van der Waals surface area contributed by atoms with Crippen LogP contribution in [0.4, 0.5) is 0 Å². The zero-order chi connectivity index (χ0) is 15.7. The van der Waals surface area contributed by atoms with Crippen LogP contribution in [-0.4, -0.2) is 29.9 Å². The number of hydrogen-bond donors (Lipinski definition) is 2. The van der Waals surface area contributed by atoms with E-state index in [0.717, 1.165) is 19.3 Å². The van der Waals surface area contributed by atoms with Crippen LogP contribution < -0.4 is 10.1 Å². The van der Waals surface area contributed by atoms with Crippen molar-refractivity contribution in [2.45, 2.75) is 51.7 Å². The molecule has 116 valence electrons. The number of hydrogen-bond acceptors (Lipinski definition) is 4. The smallest absolute Gasteiger partial charge is 0.137 e. The van der Waals surface area contributed by atoms with Gasteiger partial charge >= 0.3 is 0 Å². The van der Waals surface area contributed by atoms with E-state index in [0.29, 0.717) is 17.9 Å². The van der Waals surface area contributed by atoms with E-state index in [4.69, 9.17) is 10.00 Å². The summed E-state index contributed by atoms with van der Waals surface area (Å²) in [7, 11) is 0. The lowest BCUT2D eigenvalue weighted by atomic mass is 9.89. The van der Waals surface area contributed by atoms with Crippen molar-refractivity contribution < 1.29 is 9.84 Å². The molecule has 4 heteroatoms. The molecule has 1 atom stereocenters. The maximum absolute atomic E-state index is 10.1. The first-order chi connectivity index (χ1) is 10.1. The summed E-state index contributed by atoms with van der Waals surface area (Å²) in [5, 5.41) is 22.5. The van der Waals surface area contributed by atoms with Crippen molar-refractivity contribution in [2.75, 3.05) is 13.2 Å². The second-order valence-corrected chi connectivity index (χ2v) is 5.29. The molecule has 1 unspecified atom stereocenters. The molecule has 0 saturated heterocycles. The van der Waals surface area contributed by atoms with Crippen molar-refractivity contribution >= 4 is 0 Å². The Morgan fingerprint density at radius 1 is 1.24 bits per heavy atom. The molecule has 0 radical (unpaired) electrons. The first-order valence-electron chi connectivity index (χ1n) is 7.65. The average molecular weight is 290 g/mol. The highest BCUT2D eigenvalue weighted by atomic mass is 16.5. The normalized spacial score (nSPS) is 12.7. The average Bonchev–Trinajstić information content (AvgIpc) is 2.55. The lowest BCUT2D eigenvalue weighted by Gasteiger charge is -2.33. The third kappa shape index (κ3) is 5.04. The fourth-order valence-corrected chi connectivity index (χ4v) is 2.39. The Morgan fingerprint density at radius 2 is 1.86 bits per heavy atom. The van der Waals surface area contributed by atoms with Gasteiger partial charge in [0.2, 0.25) is 0 Å². The minimum atomic E-state index is -0.597. The summed E-state index contributed by atoms with van der Waals surface area (Å²) in [4.78, 5) is 0. The number of ether oxygens (including phenoxy) is 1. The molecule has 21 heavy (non-hydrogen) atoms. The molecule has 1 aromatic rings. The van der Waals surface area contributed by atoms with Gasteiger partial charge in [-0.05, 0) is 31.4 Å².